The van der Waals surface area contributed by atoms with Crippen LogP contribution in [-0.4, -0.2) is 11.1 Å². The average molecular weight is 403 g/mol. The third kappa shape index (κ3) is 4.33. The molecule has 2 amide bonds. The van der Waals surface area contributed by atoms with Crippen molar-refractivity contribution in [3.63, 3.8) is 0 Å². The maximum atomic E-state index is 14.2. The van der Waals surface area contributed by atoms with Gasteiger partial charge >= 0.3 is 6.03 Å². The molecule has 150 valence electrons. The summed E-state index contributed by atoms with van der Waals surface area (Å²) in [5.41, 5.74) is 9.69. The van der Waals surface area contributed by atoms with Crippen molar-refractivity contribution in [3.8, 4) is 0 Å². The van der Waals surface area contributed by atoms with Crippen molar-refractivity contribution in [1.29, 1.82) is 0 Å². The number of amides is 2. The van der Waals surface area contributed by atoms with Crippen molar-refractivity contribution in [1.82, 2.24) is 0 Å². The quantitative estimate of drug-likeness (QED) is 0.559. The molecule has 6 heteroatoms. The van der Waals surface area contributed by atoms with Gasteiger partial charge in [-0.2, -0.15) is 0 Å². The van der Waals surface area contributed by atoms with E-state index in [0.717, 1.165) is 76.9 Å². The molecule has 0 radical (unpaired) electrons. The standard InChI is InChI=1S/C13H15FN2O.C9H12OS/c14-11-7-3-1-5-9(7)12(16-13(15)17)10-6-2-4-8(10)11;1-9(2,10)7-4-3-5-8(11)6-7/h1-6H2,(H3,15,16,17);3-6,10-11H,1-2H3. The number of nitrogens with two attached hydrogens (primary N) is 1. The first-order valence-electron chi connectivity index (χ1n) is 9.61. The Bertz CT molecular complexity index is 871. The topological polar surface area (TPSA) is 75.3 Å². The molecule has 0 aromatic heterocycles. The Morgan fingerprint density at radius 1 is 1.11 bits per heavy atom. The highest BCUT2D eigenvalue weighted by Gasteiger charge is 2.29. The van der Waals surface area contributed by atoms with E-state index in [2.05, 4.69) is 17.9 Å². The lowest BCUT2D eigenvalue weighted by atomic mass is 9.98. The van der Waals surface area contributed by atoms with Crippen LogP contribution in [0, 0.1) is 5.82 Å². The molecule has 2 aromatic rings. The van der Waals surface area contributed by atoms with Crippen LogP contribution in [0.1, 0.15) is 54.5 Å². The second kappa shape index (κ2) is 8.13. The van der Waals surface area contributed by atoms with Gasteiger partial charge in [-0.05, 0) is 92.3 Å². The Labute approximate surface area is 170 Å². The maximum Gasteiger partial charge on any atom is 0.316 e. The highest BCUT2D eigenvalue weighted by Crippen LogP contribution is 2.40. The summed E-state index contributed by atoms with van der Waals surface area (Å²) >= 11 is 4.17. The number of thiol groups is 1. The van der Waals surface area contributed by atoms with E-state index in [0.29, 0.717) is 0 Å². The Kier molecular flexibility index (Phi) is 6.01. The third-order valence-corrected chi connectivity index (χ3v) is 5.65. The van der Waals surface area contributed by atoms with Gasteiger partial charge in [0.25, 0.3) is 0 Å². The molecular weight excluding hydrogens is 375 g/mol. The summed E-state index contributed by atoms with van der Waals surface area (Å²) in [4.78, 5) is 11.9. The lowest BCUT2D eigenvalue weighted by molar-refractivity contribution is 0.0784. The minimum absolute atomic E-state index is 0.0278. The number of hydrogen-bond acceptors (Lipinski definition) is 3. The third-order valence-electron chi connectivity index (χ3n) is 5.37. The minimum atomic E-state index is -0.765. The zero-order valence-corrected chi connectivity index (χ0v) is 17.2. The molecule has 4 N–H and O–H groups in total. The zero-order valence-electron chi connectivity index (χ0n) is 16.3. The van der Waals surface area contributed by atoms with E-state index in [4.69, 9.17) is 5.73 Å². The van der Waals surface area contributed by atoms with Crippen LogP contribution in [0.25, 0.3) is 0 Å². The van der Waals surface area contributed by atoms with Crippen LogP contribution in [0.4, 0.5) is 14.9 Å². The van der Waals surface area contributed by atoms with Gasteiger partial charge in [0.1, 0.15) is 5.82 Å². The van der Waals surface area contributed by atoms with E-state index in [9.17, 15) is 14.3 Å². The van der Waals surface area contributed by atoms with Crippen molar-refractivity contribution in [2.75, 3.05) is 5.32 Å². The zero-order chi connectivity index (χ0) is 20.5. The number of halogens is 1. The fourth-order valence-electron chi connectivity index (χ4n) is 4.05. The highest BCUT2D eigenvalue weighted by molar-refractivity contribution is 7.80. The number of carbonyl (C=O) groups excluding carboxylic acids is 1. The number of primary amides is 1. The highest BCUT2D eigenvalue weighted by atomic mass is 32.1. The molecule has 4 rings (SSSR count). The first kappa shape index (κ1) is 20.7. The normalized spacial score (nSPS) is 14.8. The molecular formula is C22H27FN2O2S. The van der Waals surface area contributed by atoms with Gasteiger partial charge in [0.15, 0.2) is 0 Å². The summed E-state index contributed by atoms with van der Waals surface area (Å²) in [5.74, 6) is -0.0278. The summed E-state index contributed by atoms with van der Waals surface area (Å²) in [6, 6.07) is 6.97. The molecule has 0 saturated carbocycles. The van der Waals surface area contributed by atoms with Crippen LogP contribution in [-0.2, 0) is 31.3 Å². The molecule has 0 aliphatic heterocycles. The Morgan fingerprint density at radius 2 is 1.64 bits per heavy atom. The molecule has 2 aliphatic carbocycles. The van der Waals surface area contributed by atoms with Gasteiger partial charge in [-0.1, -0.05) is 12.1 Å². The van der Waals surface area contributed by atoms with Gasteiger partial charge < -0.3 is 16.2 Å². The smallest absolute Gasteiger partial charge is 0.316 e. The monoisotopic (exact) mass is 402 g/mol. The second-order valence-electron chi connectivity index (χ2n) is 7.91. The predicted molar refractivity (Wildman–Crippen MR) is 113 cm³/mol. The molecule has 0 saturated heterocycles. The number of nitrogens with one attached hydrogen (secondary N) is 1. The van der Waals surface area contributed by atoms with E-state index in [1.807, 2.05) is 24.3 Å². The maximum absolute atomic E-state index is 14.2. The molecule has 0 bridgehead atoms. The Hall–Kier alpha value is -2.05. The number of rotatable bonds is 2. The van der Waals surface area contributed by atoms with Crippen LogP contribution in [0.2, 0.25) is 0 Å². The van der Waals surface area contributed by atoms with E-state index in [-0.39, 0.29) is 5.82 Å². The number of carbonyl (C=O) groups is 1. The van der Waals surface area contributed by atoms with E-state index in [1.54, 1.807) is 13.8 Å². The van der Waals surface area contributed by atoms with Crippen LogP contribution < -0.4 is 11.1 Å². The number of urea groups is 1. The van der Waals surface area contributed by atoms with Crippen molar-refractivity contribution in [2.24, 2.45) is 5.73 Å². The first-order valence-corrected chi connectivity index (χ1v) is 10.1. The van der Waals surface area contributed by atoms with E-state index >= 15 is 0 Å². The SMILES string of the molecule is CC(C)(O)c1cccc(S)c1.NC(=O)Nc1c2c(c(F)c3c1CCC3)CCC2. The molecule has 0 heterocycles. The van der Waals surface area contributed by atoms with Gasteiger partial charge in [0.2, 0.25) is 0 Å². The number of fused-ring (bicyclic) bond motifs is 2. The van der Waals surface area contributed by atoms with Crippen molar-refractivity contribution in [2.45, 2.75) is 62.9 Å². The van der Waals surface area contributed by atoms with Crippen molar-refractivity contribution in [3.05, 3.63) is 57.9 Å². The van der Waals surface area contributed by atoms with E-state index < -0.39 is 11.6 Å². The van der Waals surface area contributed by atoms with E-state index in [1.165, 1.54) is 0 Å². The van der Waals surface area contributed by atoms with Gasteiger partial charge in [0, 0.05) is 10.6 Å². The molecule has 2 aliphatic rings. The molecule has 0 unspecified atom stereocenters. The van der Waals surface area contributed by atoms with Crippen LogP contribution in [0.15, 0.2) is 29.2 Å². The number of benzene rings is 2. The molecule has 28 heavy (non-hydrogen) atoms. The molecule has 0 spiro atoms. The number of aliphatic hydroxyl groups is 1. The largest absolute Gasteiger partial charge is 0.386 e. The van der Waals surface area contributed by atoms with Crippen molar-refractivity contribution >= 4 is 24.3 Å². The Balaban J connectivity index is 0.000000178. The van der Waals surface area contributed by atoms with Crippen LogP contribution in [0.3, 0.4) is 0 Å². The summed E-state index contributed by atoms with van der Waals surface area (Å²) in [5, 5.41) is 12.3. The van der Waals surface area contributed by atoms with Crippen LogP contribution in [0.5, 0.6) is 0 Å². The summed E-state index contributed by atoms with van der Waals surface area (Å²) in [6.07, 6.45) is 5.17. The molecule has 2 aromatic carbocycles. The number of hydrogen-bond donors (Lipinski definition) is 4. The van der Waals surface area contributed by atoms with Gasteiger partial charge in [0.05, 0.1) is 5.60 Å². The fourth-order valence-corrected chi connectivity index (χ4v) is 4.27. The summed E-state index contributed by atoms with van der Waals surface area (Å²) < 4.78 is 14.2. The molecule has 0 atom stereocenters. The minimum Gasteiger partial charge on any atom is -0.386 e. The fraction of sp³-hybridized carbons (Fsp3) is 0.409. The van der Waals surface area contributed by atoms with Gasteiger partial charge in [-0.25, -0.2) is 9.18 Å². The van der Waals surface area contributed by atoms with Crippen molar-refractivity contribution < 1.29 is 14.3 Å². The second-order valence-corrected chi connectivity index (χ2v) is 8.43. The predicted octanol–water partition coefficient (Wildman–Crippen LogP) is 4.50. The Morgan fingerprint density at radius 3 is 2.07 bits per heavy atom. The van der Waals surface area contributed by atoms with Gasteiger partial charge in [-0.15, -0.1) is 12.6 Å². The van der Waals surface area contributed by atoms with Gasteiger partial charge in [-0.3, -0.25) is 0 Å². The summed E-state index contributed by atoms with van der Waals surface area (Å²) in [7, 11) is 0. The lowest BCUT2D eigenvalue weighted by Gasteiger charge is -2.17. The first-order chi connectivity index (χ1) is 13.2. The molecule has 4 nitrogen and oxygen atoms in total. The lowest BCUT2D eigenvalue weighted by Crippen LogP contribution is -2.21. The van der Waals surface area contributed by atoms with Crippen LogP contribution >= 0.6 is 12.6 Å². The number of anilines is 1. The summed E-state index contributed by atoms with van der Waals surface area (Å²) in [6.45, 7) is 3.52. The molecule has 0 fully saturated rings. The average Bonchev–Trinajstić information content (AvgIpc) is 3.28.